The van der Waals surface area contributed by atoms with E-state index in [1.807, 2.05) is 47.4 Å². The van der Waals surface area contributed by atoms with Crippen LogP contribution in [0.2, 0.25) is 0 Å². The fourth-order valence-electron chi connectivity index (χ4n) is 4.56. The SMILES string of the molecule is O=C(Cc1cccc2ccccc12)NCC(=O)N1CCN(CC(=O)N2CCCCC2)CC1. The van der Waals surface area contributed by atoms with Crippen molar-refractivity contribution < 1.29 is 14.4 Å². The minimum absolute atomic E-state index is 0.0102. The third-order valence-corrected chi connectivity index (χ3v) is 6.46. The second kappa shape index (κ2) is 10.6. The summed E-state index contributed by atoms with van der Waals surface area (Å²) in [6.45, 7) is 4.74. The van der Waals surface area contributed by atoms with E-state index in [2.05, 4.69) is 10.2 Å². The van der Waals surface area contributed by atoms with E-state index in [9.17, 15) is 14.4 Å². The molecule has 2 fully saturated rings. The molecule has 1 N–H and O–H groups in total. The van der Waals surface area contributed by atoms with Crippen LogP contribution in [-0.2, 0) is 20.8 Å². The number of rotatable bonds is 6. The minimum Gasteiger partial charge on any atom is -0.347 e. The van der Waals surface area contributed by atoms with Crippen LogP contribution >= 0.6 is 0 Å². The lowest BCUT2D eigenvalue weighted by Crippen LogP contribution is -2.53. The van der Waals surface area contributed by atoms with Crippen molar-refractivity contribution >= 4 is 28.5 Å². The van der Waals surface area contributed by atoms with E-state index in [0.29, 0.717) is 32.7 Å². The molecule has 0 aliphatic carbocycles. The van der Waals surface area contributed by atoms with Gasteiger partial charge in [-0.05, 0) is 35.6 Å². The van der Waals surface area contributed by atoms with Gasteiger partial charge in [0.25, 0.3) is 0 Å². The van der Waals surface area contributed by atoms with Crippen LogP contribution in [0.5, 0.6) is 0 Å². The van der Waals surface area contributed by atoms with Gasteiger partial charge in [-0.2, -0.15) is 0 Å². The molecule has 170 valence electrons. The molecule has 0 atom stereocenters. The number of carbonyl (C=O) groups is 3. The Morgan fingerprint density at radius 2 is 1.44 bits per heavy atom. The van der Waals surface area contributed by atoms with Crippen molar-refractivity contribution in [1.82, 2.24) is 20.0 Å². The van der Waals surface area contributed by atoms with Crippen LogP contribution in [0.15, 0.2) is 42.5 Å². The van der Waals surface area contributed by atoms with E-state index in [1.54, 1.807) is 4.90 Å². The Labute approximate surface area is 189 Å². The molecule has 0 aromatic heterocycles. The Kier molecular flexibility index (Phi) is 7.37. The summed E-state index contributed by atoms with van der Waals surface area (Å²) in [6.07, 6.45) is 3.66. The molecular weight excluding hydrogens is 404 g/mol. The van der Waals surface area contributed by atoms with Gasteiger partial charge in [0, 0.05) is 39.3 Å². The number of nitrogens with zero attached hydrogens (tertiary/aromatic N) is 3. The quantitative estimate of drug-likeness (QED) is 0.748. The molecular formula is C25H32N4O3. The van der Waals surface area contributed by atoms with Crippen molar-refractivity contribution in [3.05, 3.63) is 48.0 Å². The van der Waals surface area contributed by atoms with Crippen molar-refractivity contribution in [2.45, 2.75) is 25.7 Å². The molecule has 0 unspecified atom stereocenters. The summed E-state index contributed by atoms with van der Waals surface area (Å²) < 4.78 is 0. The van der Waals surface area contributed by atoms with Crippen molar-refractivity contribution in [2.75, 3.05) is 52.4 Å². The van der Waals surface area contributed by atoms with Crippen molar-refractivity contribution in [3.63, 3.8) is 0 Å². The van der Waals surface area contributed by atoms with Crippen LogP contribution in [0.25, 0.3) is 10.8 Å². The first-order chi connectivity index (χ1) is 15.6. The molecule has 2 heterocycles. The summed E-state index contributed by atoms with van der Waals surface area (Å²) >= 11 is 0. The highest BCUT2D eigenvalue weighted by Crippen LogP contribution is 2.18. The van der Waals surface area contributed by atoms with Crippen LogP contribution in [0.3, 0.4) is 0 Å². The van der Waals surface area contributed by atoms with Gasteiger partial charge < -0.3 is 15.1 Å². The maximum Gasteiger partial charge on any atom is 0.242 e. The second-order valence-corrected chi connectivity index (χ2v) is 8.69. The lowest BCUT2D eigenvalue weighted by Gasteiger charge is -2.36. The number of hydrogen-bond acceptors (Lipinski definition) is 4. The molecule has 3 amide bonds. The first-order valence-corrected chi connectivity index (χ1v) is 11.6. The number of piperazine rings is 1. The molecule has 2 aromatic carbocycles. The third-order valence-electron chi connectivity index (χ3n) is 6.46. The molecule has 32 heavy (non-hydrogen) atoms. The van der Waals surface area contributed by atoms with Gasteiger partial charge in [0.05, 0.1) is 19.5 Å². The van der Waals surface area contributed by atoms with Gasteiger partial charge in [0.15, 0.2) is 0 Å². The van der Waals surface area contributed by atoms with Crippen LogP contribution < -0.4 is 5.32 Å². The molecule has 2 saturated heterocycles. The summed E-state index contributed by atoms with van der Waals surface area (Å²) in [5, 5.41) is 4.94. The molecule has 7 nitrogen and oxygen atoms in total. The third kappa shape index (κ3) is 5.65. The molecule has 2 aromatic rings. The molecule has 4 rings (SSSR count). The smallest absolute Gasteiger partial charge is 0.242 e. The van der Waals surface area contributed by atoms with Crippen LogP contribution in [0.4, 0.5) is 0 Å². The number of hydrogen-bond donors (Lipinski definition) is 1. The summed E-state index contributed by atoms with van der Waals surface area (Å²) in [4.78, 5) is 43.3. The van der Waals surface area contributed by atoms with Crippen LogP contribution in [-0.4, -0.2) is 84.8 Å². The van der Waals surface area contributed by atoms with Gasteiger partial charge in [-0.3, -0.25) is 19.3 Å². The molecule has 0 radical (unpaired) electrons. The van der Waals surface area contributed by atoms with Gasteiger partial charge in [0.1, 0.15) is 0 Å². The van der Waals surface area contributed by atoms with Crippen LogP contribution in [0.1, 0.15) is 24.8 Å². The fraction of sp³-hybridized carbons (Fsp3) is 0.480. The number of carbonyl (C=O) groups excluding carboxylic acids is 3. The molecule has 0 saturated carbocycles. The largest absolute Gasteiger partial charge is 0.347 e. The molecule has 7 heteroatoms. The number of nitrogens with one attached hydrogen (secondary N) is 1. The average molecular weight is 437 g/mol. The van der Waals surface area contributed by atoms with Gasteiger partial charge in [-0.1, -0.05) is 42.5 Å². The first-order valence-electron chi connectivity index (χ1n) is 11.6. The molecule has 0 spiro atoms. The summed E-state index contributed by atoms with van der Waals surface area (Å²) in [5.41, 5.74) is 0.958. The van der Waals surface area contributed by atoms with E-state index in [1.165, 1.54) is 6.42 Å². The molecule has 0 bridgehead atoms. The van der Waals surface area contributed by atoms with Gasteiger partial charge in [0.2, 0.25) is 17.7 Å². The Morgan fingerprint density at radius 3 is 2.22 bits per heavy atom. The van der Waals surface area contributed by atoms with E-state index < -0.39 is 0 Å². The predicted octanol–water partition coefficient (Wildman–Crippen LogP) is 1.66. The Hall–Kier alpha value is -2.93. The maximum atomic E-state index is 12.6. The van der Waals surface area contributed by atoms with Gasteiger partial charge in [-0.15, -0.1) is 0 Å². The second-order valence-electron chi connectivity index (χ2n) is 8.69. The molecule has 2 aliphatic rings. The first kappa shape index (κ1) is 22.3. The summed E-state index contributed by atoms with van der Waals surface area (Å²) in [5.74, 6) is -0.0241. The lowest BCUT2D eigenvalue weighted by molar-refractivity contribution is -0.136. The number of benzene rings is 2. The van der Waals surface area contributed by atoms with Crippen molar-refractivity contribution in [1.29, 1.82) is 0 Å². The number of amides is 3. The Bertz CT molecular complexity index is 957. The number of piperidine rings is 1. The normalized spacial score (nSPS) is 17.4. The van der Waals surface area contributed by atoms with E-state index in [0.717, 1.165) is 42.3 Å². The molecule has 2 aliphatic heterocycles. The zero-order chi connectivity index (χ0) is 22.3. The maximum absolute atomic E-state index is 12.6. The summed E-state index contributed by atoms with van der Waals surface area (Å²) in [7, 11) is 0. The van der Waals surface area contributed by atoms with Crippen LogP contribution in [0, 0.1) is 0 Å². The summed E-state index contributed by atoms with van der Waals surface area (Å²) in [6, 6.07) is 13.9. The highest BCUT2D eigenvalue weighted by Gasteiger charge is 2.25. The van der Waals surface area contributed by atoms with Gasteiger partial charge in [-0.25, -0.2) is 0 Å². The highest BCUT2D eigenvalue weighted by molar-refractivity contribution is 5.91. The van der Waals surface area contributed by atoms with Gasteiger partial charge >= 0.3 is 0 Å². The average Bonchev–Trinajstić information content (AvgIpc) is 2.84. The standard InChI is InChI=1S/C25H32N4O3/c30-23(17-21-9-6-8-20-7-2-3-10-22(20)21)26-18-24(31)29-15-13-27(14-16-29)19-25(32)28-11-4-1-5-12-28/h2-3,6-10H,1,4-5,11-19H2,(H,26,30). The highest BCUT2D eigenvalue weighted by atomic mass is 16.2. The topological polar surface area (TPSA) is 73.0 Å². The fourth-order valence-corrected chi connectivity index (χ4v) is 4.56. The number of fused-ring (bicyclic) bond motifs is 1. The lowest BCUT2D eigenvalue weighted by atomic mass is 10.0. The predicted molar refractivity (Wildman–Crippen MR) is 124 cm³/mol. The number of likely N-dealkylation sites (tertiary alicyclic amines) is 1. The van der Waals surface area contributed by atoms with E-state index in [4.69, 9.17) is 0 Å². The van der Waals surface area contributed by atoms with E-state index >= 15 is 0 Å². The Balaban J connectivity index is 1.19. The Morgan fingerprint density at radius 1 is 0.750 bits per heavy atom. The van der Waals surface area contributed by atoms with Crippen molar-refractivity contribution in [2.24, 2.45) is 0 Å². The van der Waals surface area contributed by atoms with E-state index in [-0.39, 0.29) is 30.7 Å². The monoisotopic (exact) mass is 436 g/mol. The zero-order valence-electron chi connectivity index (χ0n) is 18.6. The zero-order valence-corrected chi connectivity index (χ0v) is 18.6. The van der Waals surface area contributed by atoms with Crippen molar-refractivity contribution in [3.8, 4) is 0 Å². The minimum atomic E-state index is -0.152.